The summed E-state index contributed by atoms with van der Waals surface area (Å²) in [6, 6.07) is 17.7. The molecule has 0 saturated heterocycles. The molecular formula is C19H19NO4. The third-order valence-electron chi connectivity index (χ3n) is 4.08. The highest BCUT2D eigenvalue weighted by Crippen LogP contribution is 2.38. The van der Waals surface area contributed by atoms with E-state index in [0.717, 1.165) is 16.9 Å². The van der Waals surface area contributed by atoms with Crippen LogP contribution in [-0.4, -0.2) is 30.1 Å². The van der Waals surface area contributed by atoms with Crippen molar-refractivity contribution in [2.24, 2.45) is 11.8 Å². The summed E-state index contributed by atoms with van der Waals surface area (Å²) in [5.74, 6) is -1.26. The summed E-state index contributed by atoms with van der Waals surface area (Å²) < 4.78 is 5.79. The fraction of sp³-hybridized carbons (Fsp3) is 0.263. The summed E-state index contributed by atoms with van der Waals surface area (Å²) >= 11 is 0. The molecule has 124 valence electrons. The zero-order valence-electron chi connectivity index (χ0n) is 13.1. The molecule has 5 heteroatoms. The number of carbonyl (C=O) groups is 2. The second-order valence-corrected chi connectivity index (χ2v) is 5.79. The molecule has 2 atom stereocenters. The Balaban J connectivity index is 1.51. The Morgan fingerprint density at radius 1 is 1.04 bits per heavy atom. The summed E-state index contributed by atoms with van der Waals surface area (Å²) in [5, 5.41) is 11.6. The lowest BCUT2D eigenvalue weighted by atomic mass is 10.1. The van der Waals surface area contributed by atoms with Crippen LogP contribution in [0.1, 0.15) is 6.42 Å². The molecule has 1 saturated carbocycles. The molecule has 2 N–H and O–H groups in total. The molecule has 2 aromatic carbocycles. The second-order valence-electron chi connectivity index (χ2n) is 5.79. The summed E-state index contributed by atoms with van der Waals surface area (Å²) in [6.07, 6.45) is 0.429. The lowest BCUT2D eigenvalue weighted by Crippen LogP contribution is -2.30. The molecule has 1 aliphatic carbocycles. The fourth-order valence-corrected chi connectivity index (χ4v) is 2.67. The highest BCUT2D eigenvalue weighted by Gasteiger charge is 2.48. The van der Waals surface area contributed by atoms with E-state index in [0.29, 0.717) is 19.6 Å². The predicted octanol–water partition coefficient (Wildman–Crippen LogP) is 2.57. The van der Waals surface area contributed by atoms with Crippen molar-refractivity contribution in [1.82, 2.24) is 5.32 Å². The van der Waals surface area contributed by atoms with Gasteiger partial charge in [-0.15, -0.1) is 0 Å². The first-order valence-corrected chi connectivity index (χ1v) is 7.94. The van der Waals surface area contributed by atoms with Gasteiger partial charge in [0.2, 0.25) is 5.91 Å². The van der Waals surface area contributed by atoms with Crippen molar-refractivity contribution in [2.45, 2.75) is 6.42 Å². The van der Waals surface area contributed by atoms with Gasteiger partial charge < -0.3 is 15.2 Å². The lowest BCUT2D eigenvalue weighted by molar-refractivity contribution is -0.140. The van der Waals surface area contributed by atoms with Crippen LogP contribution in [0.4, 0.5) is 0 Å². The van der Waals surface area contributed by atoms with Crippen molar-refractivity contribution in [3.63, 3.8) is 0 Å². The number of benzene rings is 2. The van der Waals surface area contributed by atoms with Crippen molar-refractivity contribution >= 4 is 11.9 Å². The van der Waals surface area contributed by atoms with Gasteiger partial charge in [0.25, 0.3) is 0 Å². The van der Waals surface area contributed by atoms with Crippen molar-refractivity contribution in [3.8, 4) is 16.9 Å². The van der Waals surface area contributed by atoms with Gasteiger partial charge in [0.15, 0.2) is 0 Å². The van der Waals surface area contributed by atoms with Gasteiger partial charge in [-0.2, -0.15) is 0 Å². The highest BCUT2D eigenvalue weighted by atomic mass is 16.5. The molecule has 3 rings (SSSR count). The molecule has 2 aromatic rings. The Morgan fingerprint density at radius 2 is 1.75 bits per heavy atom. The smallest absolute Gasteiger partial charge is 0.307 e. The number of aliphatic carboxylic acids is 1. The molecular weight excluding hydrogens is 306 g/mol. The van der Waals surface area contributed by atoms with E-state index < -0.39 is 11.9 Å². The summed E-state index contributed by atoms with van der Waals surface area (Å²) in [6.45, 7) is 0.685. The molecule has 0 aliphatic heterocycles. The van der Waals surface area contributed by atoms with Crippen LogP contribution in [-0.2, 0) is 9.59 Å². The maximum absolute atomic E-state index is 11.8. The standard InChI is InChI=1S/C19H19NO4/c21-18(15-12-16(15)19(22)23)20-10-11-24-17-9-5-4-8-14(17)13-6-2-1-3-7-13/h1-9,15-16H,10-12H2,(H,20,21)(H,22,23). The lowest BCUT2D eigenvalue weighted by Gasteiger charge is -2.12. The first-order valence-electron chi connectivity index (χ1n) is 7.94. The second kappa shape index (κ2) is 7.17. The summed E-state index contributed by atoms with van der Waals surface area (Å²) in [7, 11) is 0. The topological polar surface area (TPSA) is 75.6 Å². The van der Waals surface area contributed by atoms with Crippen LogP contribution in [0, 0.1) is 11.8 Å². The molecule has 0 heterocycles. The SMILES string of the molecule is O=C(O)C1CC1C(=O)NCCOc1ccccc1-c1ccccc1. The molecule has 1 amide bonds. The first kappa shape index (κ1) is 16.1. The van der Waals surface area contributed by atoms with E-state index in [4.69, 9.17) is 9.84 Å². The number of amides is 1. The van der Waals surface area contributed by atoms with E-state index in [1.165, 1.54) is 0 Å². The molecule has 1 fully saturated rings. The van der Waals surface area contributed by atoms with Crippen LogP contribution < -0.4 is 10.1 Å². The molecule has 0 bridgehead atoms. The van der Waals surface area contributed by atoms with E-state index in [9.17, 15) is 9.59 Å². The molecule has 0 spiro atoms. The average molecular weight is 325 g/mol. The fourth-order valence-electron chi connectivity index (χ4n) is 2.67. The average Bonchev–Trinajstić information content (AvgIpc) is 3.41. The first-order chi connectivity index (χ1) is 11.7. The number of ether oxygens (including phenoxy) is 1. The zero-order valence-corrected chi connectivity index (χ0v) is 13.1. The molecule has 1 aliphatic rings. The van der Waals surface area contributed by atoms with Gasteiger partial charge in [0.05, 0.1) is 18.4 Å². The molecule has 0 aromatic heterocycles. The third-order valence-corrected chi connectivity index (χ3v) is 4.08. The number of carbonyl (C=O) groups excluding carboxylic acids is 1. The molecule has 2 unspecified atom stereocenters. The van der Waals surface area contributed by atoms with Gasteiger partial charge in [0, 0.05) is 5.56 Å². The predicted molar refractivity (Wildman–Crippen MR) is 89.6 cm³/mol. The van der Waals surface area contributed by atoms with Gasteiger partial charge >= 0.3 is 5.97 Å². The van der Waals surface area contributed by atoms with Gasteiger partial charge in [-0.1, -0.05) is 48.5 Å². The van der Waals surface area contributed by atoms with Crippen molar-refractivity contribution < 1.29 is 19.4 Å². The Labute approximate surface area is 140 Å². The van der Waals surface area contributed by atoms with Crippen molar-refractivity contribution in [3.05, 3.63) is 54.6 Å². The Hall–Kier alpha value is -2.82. The van der Waals surface area contributed by atoms with Gasteiger partial charge in [-0.05, 0) is 18.1 Å². The summed E-state index contributed by atoms with van der Waals surface area (Å²) in [5.41, 5.74) is 2.07. The minimum atomic E-state index is -0.900. The van der Waals surface area contributed by atoms with Gasteiger partial charge in [-0.3, -0.25) is 9.59 Å². The number of para-hydroxylation sites is 1. The normalized spacial score (nSPS) is 18.7. The van der Waals surface area contributed by atoms with Crippen molar-refractivity contribution in [2.75, 3.05) is 13.2 Å². The van der Waals surface area contributed by atoms with Crippen LogP contribution >= 0.6 is 0 Å². The maximum Gasteiger partial charge on any atom is 0.307 e. The van der Waals surface area contributed by atoms with Gasteiger partial charge in [-0.25, -0.2) is 0 Å². The Morgan fingerprint density at radius 3 is 2.46 bits per heavy atom. The van der Waals surface area contributed by atoms with Gasteiger partial charge in [0.1, 0.15) is 12.4 Å². The number of carboxylic acid groups (broad SMARTS) is 1. The number of carboxylic acids is 1. The van der Waals surface area contributed by atoms with E-state index in [1.54, 1.807) is 0 Å². The third kappa shape index (κ3) is 3.74. The van der Waals surface area contributed by atoms with Crippen LogP contribution in [0.2, 0.25) is 0 Å². The quantitative estimate of drug-likeness (QED) is 0.767. The molecule has 5 nitrogen and oxygen atoms in total. The maximum atomic E-state index is 11.8. The van der Waals surface area contributed by atoms with E-state index in [1.807, 2.05) is 54.6 Å². The van der Waals surface area contributed by atoms with E-state index in [2.05, 4.69) is 5.32 Å². The minimum absolute atomic E-state index is 0.206. The minimum Gasteiger partial charge on any atom is -0.491 e. The van der Waals surface area contributed by atoms with E-state index in [-0.39, 0.29) is 11.8 Å². The number of rotatable bonds is 7. The molecule has 0 radical (unpaired) electrons. The molecule has 24 heavy (non-hydrogen) atoms. The zero-order chi connectivity index (χ0) is 16.9. The Kier molecular flexibility index (Phi) is 4.79. The summed E-state index contributed by atoms with van der Waals surface area (Å²) in [4.78, 5) is 22.5. The number of hydrogen-bond acceptors (Lipinski definition) is 3. The highest BCUT2D eigenvalue weighted by molar-refractivity contribution is 5.89. The van der Waals surface area contributed by atoms with E-state index >= 15 is 0 Å². The van der Waals surface area contributed by atoms with Crippen LogP contribution in [0.15, 0.2) is 54.6 Å². The number of nitrogens with one attached hydrogen (secondary N) is 1. The van der Waals surface area contributed by atoms with Crippen LogP contribution in [0.3, 0.4) is 0 Å². The van der Waals surface area contributed by atoms with Crippen LogP contribution in [0.5, 0.6) is 5.75 Å². The monoisotopic (exact) mass is 325 g/mol. The van der Waals surface area contributed by atoms with Crippen LogP contribution in [0.25, 0.3) is 11.1 Å². The Bertz CT molecular complexity index is 729. The number of hydrogen-bond donors (Lipinski definition) is 2. The van der Waals surface area contributed by atoms with Crippen molar-refractivity contribution in [1.29, 1.82) is 0 Å². The largest absolute Gasteiger partial charge is 0.491 e.